The van der Waals surface area contributed by atoms with Gasteiger partial charge in [-0.25, -0.2) is 4.98 Å². The Hall–Kier alpha value is -0.900. The molecule has 1 atom stereocenters. The standard InChI is InChI=1S/C16H24N2OS/c1-11(2)12-4-3-8-18(9-7-12)16-17-15(13-5-6-13)14(10-19)20-16/h10-13H,3-9H2,1-2H3. The Balaban J connectivity index is 1.74. The zero-order valence-electron chi connectivity index (χ0n) is 12.5. The molecule has 0 radical (unpaired) electrons. The first kappa shape index (κ1) is 14.1. The summed E-state index contributed by atoms with van der Waals surface area (Å²) in [4.78, 5) is 19.3. The van der Waals surface area contributed by atoms with Gasteiger partial charge in [-0.1, -0.05) is 25.2 Å². The van der Waals surface area contributed by atoms with Crippen molar-refractivity contribution in [3.8, 4) is 0 Å². The molecule has 0 bridgehead atoms. The van der Waals surface area contributed by atoms with Crippen LogP contribution in [0.25, 0.3) is 0 Å². The maximum absolute atomic E-state index is 11.2. The molecule has 1 aliphatic heterocycles. The van der Waals surface area contributed by atoms with E-state index in [-0.39, 0.29) is 0 Å². The number of anilines is 1. The Morgan fingerprint density at radius 1 is 1.25 bits per heavy atom. The van der Waals surface area contributed by atoms with Crippen molar-refractivity contribution in [2.45, 2.75) is 51.9 Å². The van der Waals surface area contributed by atoms with Crippen LogP contribution in [0.4, 0.5) is 5.13 Å². The van der Waals surface area contributed by atoms with Crippen molar-refractivity contribution in [3.63, 3.8) is 0 Å². The van der Waals surface area contributed by atoms with Crippen LogP contribution in [0.15, 0.2) is 0 Å². The molecule has 20 heavy (non-hydrogen) atoms. The fourth-order valence-corrected chi connectivity index (χ4v) is 4.20. The fourth-order valence-electron chi connectivity index (χ4n) is 3.18. The highest BCUT2D eigenvalue weighted by Crippen LogP contribution is 2.44. The van der Waals surface area contributed by atoms with Crippen LogP contribution in [-0.4, -0.2) is 24.4 Å². The zero-order chi connectivity index (χ0) is 14.1. The number of carbonyl (C=O) groups excluding carboxylic acids is 1. The van der Waals surface area contributed by atoms with E-state index in [1.54, 1.807) is 11.3 Å². The largest absolute Gasteiger partial charge is 0.348 e. The maximum atomic E-state index is 11.2. The lowest BCUT2D eigenvalue weighted by Crippen LogP contribution is -2.24. The molecule has 1 aromatic heterocycles. The lowest BCUT2D eigenvalue weighted by molar-refractivity contribution is 0.112. The topological polar surface area (TPSA) is 33.2 Å². The monoisotopic (exact) mass is 292 g/mol. The van der Waals surface area contributed by atoms with Crippen LogP contribution in [0.2, 0.25) is 0 Å². The summed E-state index contributed by atoms with van der Waals surface area (Å²) in [6, 6.07) is 0. The molecule has 1 saturated carbocycles. The van der Waals surface area contributed by atoms with Gasteiger partial charge in [-0.15, -0.1) is 0 Å². The van der Waals surface area contributed by atoms with E-state index in [9.17, 15) is 4.79 Å². The number of thiazole rings is 1. The molecule has 2 heterocycles. The van der Waals surface area contributed by atoms with Gasteiger partial charge in [-0.3, -0.25) is 4.79 Å². The SMILES string of the molecule is CC(C)C1CCCN(c2nc(C3CC3)c(C=O)s2)CC1. The molecule has 1 aromatic rings. The van der Waals surface area contributed by atoms with E-state index in [4.69, 9.17) is 4.98 Å². The van der Waals surface area contributed by atoms with Gasteiger partial charge < -0.3 is 4.90 Å². The lowest BCUT2D eigenvalue weighted by atomic mass is 9.89. The minimum absolute atomic E-state index is 0.565. The second-order valence-electron chi connectivity index (χ2n) is 6.56. The van der Waals surface area contributed by atoms with Crippen molar-refractivity contribution in [2.24, 2.45) is 11.8 Å². The maximum Gasteiger partial charge on any atom is 0.186 e. The van der Waals surface area contributed by atoms with Gasteiger partial charge in [0.15, 0.2) is 11.4 Å². The molecule has 0 aromatic carbocycles. The highest BCUT2D eigenvalue weighted by Gasteiger charge is 2.31. The average molecular weight is 292 g/mol. The first-order valence-corrected chi connectivity index (χ1v) is 8.71. The van der Waals surface area contributed by atoms with Gasteiger partial charge in [0.25, 0.3) is 0 Å². The van der Waals surface area contributed by atoms with Gasteiger partial charge in [-0.2, -0.15) is 0 Å². The van der Waals surface area contributed by atoms with Crippen molar-refractivity contribution in [3.05, 3.63) is 10.6 Å². The molecule has 2 fully saturated rings. The van der Waals surface area contributed by atoms with Crippen LogP contribution in [0.3, 0.4) is 0 Å². The number of aromatic nitrogens is 1. The molecule has 1 unspecified atom stereocenters. The molecular weight excluding hydrogens is 268 g/mol. The summed E-state index contributed by atoms with van der Waals surface area (Å²) in [5.74, 6) is 2.18. The average Bonchev–Trinajstić information content (AvgIpc) is 3.22. The van der Waals surface area contributed by atoms with Gasteiger partial charge in [0.1, 0.15) is 0 Å². The summed E-state index contributed by atoms with van der Waals surface area (Å²) in [5.41, 5.74) is 1.07. The van der Waals surface area contributed by atoms with Gasteiger partial charge in [0.05, 0.1) is 10.6 Å². The number of hydrogen-bond acceptors (Lipinski definition) is 4. The van der Waals surface area contributed by atoms with E-state index in [1.807, 2.05) is 0 Å². The van der Waals surface area contributed by atoms with E-state index in [1.165, 1.54) is 32.1 Å². The molecule has 2 aliphatic rings. The predicted octanol–water partition coefficient (Wildman–Crippen LogP) is 4.10. The smallest absolute Gasteiger partial charge is 0.186 e. The Labute approximate surface area is 125 Å². The van der Waals surface area contributed by atoms with E-state index in [2.05, 4.69) is 18.7 Å². The van der Waals surface area contributed by atoms with Crippen molar-refractivity contribution in [1.82, 2.24) is 4.98 Å². The van der Waals surface area contributed by atoms with Crippen LogP contribution in [0, 0.1) is 11.8 Å². The van der Waals surface area contributed by atoms with Crippen LogP contribution in [0.5, 0.6) is 0 Å². The third kappa shape index (κ3) is 2.90. The minimum Gasteiger partial charge on any atom is -0.348 e. The summed E-state index contributed by atoms with van der Waals surface area (Å²) in [5, 5.41) is 1.08. The van der Waals surface area contributed by atoms with Crippen LogP contribution in [-0.2, 0) is 0 Å². The molecule has 1 aliphatic carbocycles. The molecule has 110 valence electrons. The van der Waals surface area contributed by atoms with Crippen LogP contribution < -0.4 is 4.90 Å². The molecule has 3 nitrogen and oxygen atoms in total. The van der Waals surface area contributed by atoms with E-state index < -0.39 is 0 Å². The fraction of sp³-hybridized carbons (Fsp3) is 0.750. The number of nitrogens with zero attached hydrogens (tertiary/aromatic N) is 2. The predicted molar refractivity (Wildman–Crippen MR) is 83.9 cm³/mol. The first-order valence-electron chi connectivity index (χ1n) is 7.90. The lowest BCUT2D eigenvalue weighted by Gasteiger charge is -2.20. The Morgan fingerprint density at radius 2 is 2.05 bits per heavy atom. The molecule has 0 N–H and O–H groups in total. The summed E-state index contributed by atoms with van der Waals surface area (Å²) < 4.78 is 0. The van der Waals surface area contributed by atoms with Gasteiger partial charge in [0, 0.05) is 19.0 Å². The molecular formula is C16H24N2OS. The normalized spacial score (nSPS) is 23.9. The molecule has 1 saturated heterocycles. The van der Waals surface area contributed by atoms with Crippen LogP contribution >= 0.6 is 11.3 Å². The quantitative estimate of drug-likeness (QED) is 0.783. The molecule has 4 heteroatoms. The highest BCUT2D eigenvalue weighted by molar-refractivity contribution is 7.17. The second kappa shape index (κ2) is 5.84. The Bertz CT molecular complexity index is 479. The molecule has 0 amide bonds. The Kier molecular flexibility index (Phi) is 4.11. The summed E-state index contributed by atoms with van der Waals surface area (Å²) in [7, 11) is 0. The summed E-state index contributed by atoms with van der Waals surface area (Å²) >= 11 is 1.60. The molecule has 0 spiro atoms. The highest BCUT2D eigenvalue weighted by atomic mass is 32.1. The summed E-state index contributed by atoms with van der Waals surface area (Å²) in [6.07, 6.45) is 7.25. The Morgan fingerprint density at radius 3 is 2.70 bits per heavy atom. The van der Waals surface area contributed by atoms with Crippen molar-refractivity contribution in [2.75, 3.05) is 18.0 Å². The number of hydrogen-bond donors (Lipinski definition) is 0. The number of carbonyl (C=O) groups is 1. The first-order chi connectivity index (χ1) is 9.69. The number of aldehydes is 1. The minimum atomic E-state index is 0.565. The van der Waals surface area contributed by atoms with E-state index in [0.717, 1.165) is 46.9 Å². The van der Waals surface area contributed by atoms with Crippen molar-refractivity contribution >= 4 is 22.8 Å². The zero-order valence-corrected chi connectivity index (χ0v) is 13.3. The third-order valence-electron chi connectivity index (χ3n) is 4.73. The van der Waals surface area contributed by atoms with Gasteiger partial charge >= 0.3 is 0 Å². The van der Waals surface area contributed by atoms with Crippen molar-refractivity contribution < 1.29 is 4.79 Å². The van der Waals surface area contributed by atoms with Crippen LogP contribution in [0.1, 0.15) is 67.2 Å². The van der Waals surface area contributed by atoms with Crippen molar-refractivity contribution in [1.29, 1.82) is 0 Å². The van der Waals surface area contributed by atoms with Gasteiger partial charge in [0.2, 0.25) is 0 Å². The summed E-state index contributed by atoms with van der Waals surface area (Å²) in [6.45, 7) is 6.86. The molecule has 3 rings (SSSR count). The number of rotatable bonds is 4. The second-order valence-corrected chi connectivity index (χ2v) is 7.57. The van der Waals surface area contributed by atoms with Gasteiger partial charge in [-0.05, 0) is 43.9 Å². The van der Waals surface area contributed by atoms with E-state index in [0.29, 0.717) is 5.92 Å². The third-order valence-corrected chi connectivity index (χ3v) is 5.78. The van der Waals surface area contributed by atoms with E-state index >= 15 is 0 Å².